The van der Waals surface area contributed by atoms with E-state index >= 15 is 0 Å². The summed E-state index contributed by atoms with van der Waals surface area (Å²) < 4.78 is 5.86. The highest BCUT2D eigenvalue weighted by Crippen LogP contribution is 2.22. The van der Waals surface area contributed by atoms with Crippen LogP contribution < -0.4 is 10.6 Å². The molecule has 1 atom stereocenters. The lowest BCUT2D eigenvalue weighted by Crippen LogP contribution is -2.40. The van der Waals surface area contributed by atoms with Gasteiger partial charge in [0.05, 0.1) is 6.10 Å². The first-order chi connectivity index (χ1) is 9.02. The largest absolute Gasteiger partial charge is 0.365 e. The van der Waals surface area contributed by atoms with E-state index in [1.54, 1.807) is 0 Å². The summed E-state index contributed by atoms with van der Waals surface area (Å²) in [5.74, 6) is 0.643. The standard InChI is InChI=1S/C15H30N2O2/c1-11(2)9-10-17-15(18)12(3)19-14-7-5-13(16-4)6-8-14/h11-14,16H,5-10H2,1-4H3,(H,17,18). The van der Waals surface area contributed by atoms with E-state index in [1.165, 1.54) is 0 Å². The lowest BCUT2D eigenvalue weighted by atomic mass is 9.93. The summed E-state index contributed by atoms with van der Waals surface area (Å²) in [6, 6.07) is 0.620. The molecule has 0 saturated heterocycles. The van der Waals surface area contributed by atoms with E-state index in [0.29, 0.717) is 12.0 Å². The van der Waals surface area contributed by atoms with E-state index in [-0.39, 0.29) is 18.1 Å². The van der Waals surface area contributed by atoms with Gasteiger partial charge in [0, 0.05) is 12.6 Å². The Hall–Kier alpha value is -0.610. The van der Waals surface area contributed by atoms with Crippen molar-refractivity contribution < 1.29 is 9.53 Å². The maximum Gasteiger partial charge on any atom is 0.248 e. The van der Waals surface area contributed by atoms with E-state index in [4.69, 9.17) is 4.74 Å². The maximum absolute atomic E-state index is 11.9. The van der Waals surface area contributed by atoms with Crippen molar-refractivity contribution in [1.29, 1.82) is 0 Å². The summed E-state index contributed by atoms with van der Waals surface area (Å²) in [7, 11) is 2.01. The van der Waals surface area contributed by atoms with Crippen LogP contribution in [0.25, 0.3) is 0 Å². The van der Waals surface area contributed by atoms with Gasteiger partial charge in [0.15, 0.2) is 0 Å². The second-order valence-electron chi connectivity index (χ2n) is 6.01. The second-order valence-corrected chi connectivity index (χ2v) is 6.01. The number of ether oxygens (including phenoxy) is 1. The molecule has 1 aliphatic rings. The van der Waals surface area contributed by atoms with Crippen LogP contribution in [-0.2, 0) is 9.53 Å². The van der Waals surface area contributed by atoms with Gasteiger partial charge in [0.2, 0.25) is 5.91 Å². The summed E-state index contributed by atoms with van der Waals surface area (Å²) in [5.41, 5.74) is 0. The highest BCUT2D eigenvalue weighted by Gasteiger charge is 2.24. The second kappa shape index (κ2) is 8.54. The van der Waals surface area contributed by atoms with Gasteiger partial charge in [-0.3, -0.25) is 4.79 Å². The first-order valence-corrected chi connectivity index (χ1v) is 7.63. The third-order valence-corrected chi connectivity index (χ3v) is 3.87. The molecule has 1 fully saturated rings. The van der Waals surface area contributed by atoms with Gasteiger partial charge < -0.3 is 15.4 Å². The molecule has 19 heavy (non-hydrogen) atoms. The van der Waals surface area contributed by atoms with Crippen LogP contribution in [0.2, 0.25) is 0 Å². The average Bonchev–Trinajstić information content (AvgIpc) is 2.39. The van der Waals surface area contributed by atoms with Crippen LogP contribution in [0.4, 0.5) is 0 Å². The fourth-order valence-corrected chi connectivity index (χ4v) is 2.47. The molecule has 1 rings (SSSR count). The summed E-state index contributed by atoms with van der Waals surface area (Å²) in [4.78, 5) is 11.9. The van der Waals surface area contributed by atoms with Crippen molar-refractivity contribution in [3.05, 3.63) is 0 Å². The summed E-state index contributed by atoms with van der Waals surface area (Å²) in [5, 5.41) is 6.25. The fourth-order valence-electron chi connectivity index (χ4n) is 2.47. The summed E-state index contributed by atoms with van der Waals surface area (Å²) in [6.07, 6.45) is 5.32. The van der Waals surface area contributed by atoms with Crippen molar-refractivity contribution in [2.45, 2.75) is 71.1 Å². The van der Waals surface area contributed by atoms with Crippen molar-refractivity contribution >= 4 is 5.91 Å². The van der Waals surface area contributed by atoms with Crippen molar-refractivity contribution in [2.75, 3.05) is 13.6 Å². The van der Waals surface area contributed by atoms with E-state index in [0.717, 1.165) is 38.6 Å². The predicted octanol–water partition coefficient (Wildman–Crippen LogP) is 2.08. The molecule has 1 unspecified atom stereocenters. The van der Waals surface area contributed by atoms with Crippen LogP contribution in [0.3, 0.4) is 0 Å². The molecule has 112 valence electrons. The highest BCUT2D eigenvalue weighted by atomic mass is 16.5. The molecule has 1 aliphatic carbocycles. The van der Waals surface area contributed by atoms with E-state index in [1.807, 2.05) is 14.0 Å². The molecular formula is C15H30N2O2. The monoisotopic (exact) mass is 270 g/mol. The van der Waals surface area contributed by atoms with Gasteiger partial charge in [-0.1, -0.05) is 13.8 Å². The molecule has 0 aromatic carbocycles. The molecule has 2 N–H and O–H groups in total. The minimum Gasteiger partial charge on any atom is -0.365 e. The number of hydrogen-bond donors (Lipinski definition) is 2. The Morgan fingerprint density at radius 2 is 1.84 bits per heavy atom. The molecule has 4 nitrogen and oxygen atoms in total. The quantitative estimate of drug-likeness (QED) is 0.745. The molecule has 0 bridgehead atoms. The third-order valence-electron chi connectivity index (χ3n) is 3.87. The van der Waals surface area contributed by atoms with Gasteiger partial charge in [-0.15, -0.1) is 0 Å². The van der Waals surface area contributed by atoms with Crippen LogP contribution in [0.15, 0.2) is 0 Å². The zero-order chi connectivity index (χ0) is 14.3. The molecule has 4 heteroatoms. The van der Waals surface area contributed by atoms with Crippen LogP contribution in [0.1, 0.15) is 52.9 Å². The first kappa shape index (κ1) is 16.4. The van der Waals surface area contributed by atoms with Crippen LogP contribution in [0.5, 0.6) is 0 Å². The van der Waals surface area contributed by atoms with Gasteiger partial charge in [0.1, 0.15) is 6.10 Å². The number of carbonyl (C=O) groups is 1. The minimum atomic E-state index is -0.330. The zero-order valence-electron chi connectivity index (χ0n) is 12.9. The Morgan fingerprint density at radius 1 is 1.21 bits per heavy atom. The van der Waals surface area contributed by atoms with Crippen molar-refractivity contribution in [3.8, 4) is 0 Å². The first-order valence-electron chi connectivity index (χ1n) is 7.63. The maximum atomic E-state index is 11.9. The molecule has 0 aromatic heterocycles. The fraction of sp³-hybridized carbons (Fsp3) is 0.933. The highest BCUT2D eigenvalue weighted by molar-refractivity contribution is 5.80. The Bertz CT molecular complexity index is 261. The average molecular weight is 270 g/mol. The van der Waals surface area contributed by atoms with Gasteiger partial charge in [0.25, 0.3) is 0 Å². The molecule has 0 spiro atoms. The third kappa shape index (κ3) is 6.39. The van der Waals surface area contributed by atoms with Crippen LogP contribution in [-0.4, -0.2) is 37.7 Å². The topological polar surface area (TPSA) is 50.4 Å². The minimum absolute atomic E-state index is 0.0244. The Morgan fingerprint density at radius 3 is 2.37 bits per heavy atom. The number of rotatable bonds is 7. The molecule has 1 amide bonds. The van der Waals surface area contributed by atoms with E-state index in [2.05, 4.69) is 24.5 Å². The zero-order valence-corrected chi connectivity index (χ0v) is 12.9. The number of nitrogens with one attached hydrogen (secondary N) is 2. The molecule has 0 heterocycles. The van der Waals surface area contributed by atoms with Crippen molar-refractivity contribution in [2.24, 2.45) is 5.92 Å². The summed E-state index contributed by atoms with van der Waals surface area (Å²) in [6.45, 7) is 6.92. The lowest BCUT2D eigenvalue weighted by molar-refractivity contribution is -0.136. The van der Waals surface area contributed by atoms with Gasteiger partial charge >= 0.3 is 0 Å². The van der Waals surface area contributed by atoms with Gasteiger partial charge in [-0.05, 0) is 52.0 Å². The molecular weight excluding hydrogens is 240 g/mol. The number of hydrogen-bond acceptors (Lipinski definition) is 3. The molecule has 1 saturated carbocycles. The van der Waals surface area contributed by atoms with E-state index in [9.17, 15) is 4.79 Å². The van der Waals surface area contributed by atoms with Gasteiger partial charge in [-0.25, -0.2) is 0 Å². The normalized spacial score (nSPS) is 25.3. The number of carbonyl (C=O) groups excluding carboxylic acids is 1. The molecule has 0 aliphatic heterocycles. The smallest absolute Gasteiger partial charge is 0.248 e. The Balaban J connectivity index is 2.19. The predicted molar refractivity (Wildman–Crippen MR) is 78.1 cm³/mol. The van der Waals surface area contributed by atoms with Crippen LogP contribution in [0, 0.1) is 5.92 Å². The molecule has 0 aromatic rings. The van der Waals surface area contributed by atoms with Crippen molar-refractivity contribution in [1.82, 2.24) is 10.6 Å². The summed E-state index contributed by atoms with van der Waals surface area (Å²) >= 11 is 0. The Labute approximate surface area is 117 Å². The SMILES string of the molecule is CNC1CCC(OC(C)C(=O)NCCC(C)C)CC1. The molecule has 0 radical (unpaired) electrons. The van der Waals surface area contributed by atoms with Crippen LogP contribution >= 0.6 is 0 Å². The lowest BCUT2D eigenvalue weighted by Gasteiger charge is -2.30. The number of amides is 1. The Kier molecular flexibility index (Phi) is 7.39. The van der Waals surface area contributed by atoms with E-state index < -0.39 is 0 Å². The van der Waals surface area contributed by atoms with Crippen molar-refractivity contribution in [3.63, 3.8) is 0 Å². The van der Waals surface area contributed by atoms with Gasteiger partial charge in [-0.2, -0.15) is 0 Å².